The molecular formula is C13H12Cl2N2S. The van der Waals surface area contributed by atoms with E-state index in [0.29, 0.717) is 10.0 Å². The first kappa shape index (κ1) is 12.4. The van der Waals surface area contributed by atoms with Crippen LogP contribution in [0.1, 0.15) is 17.7 Å². The van der Waals surface area contributed by atoms with Gasteiger partial charge in [0.05, 0.1) is 10.7 Å². The first-order valence-corrected chi connectivity index (χ1v) is 7.40. The molecule has 0 amide bonds. The first-order chi connectivity index (χ1) is 8.72. The molecule has 1 heterocycles. The molecule has 1 aliphatic rings. The summed E-state index contributed by atoms with van der Waals surface area (Å²) in [6.45, 7) is 0.896. The van der Waals surface area contributed by atoms with E-state index in [1.165, 1.54) is 29.3 Å². The minimum atomic E-state index is 0.648. The molecular weight excluding hydrogens is 287 g/mol. The Bertz CT molecular complexity index is 564. The highest BCUT2D eigenvalue weighted by Crippen LogP contribution is 2.31. The summed E-state index contributed by atoms with van der Waals surface area (Å²) in [5.74, 6) is 0. The topological polar surface area (TPSA) is 24.9 Å². The lowest BCUT2D eigenvalue weighted by Gasteiger charge is -2.00. The molecule has 94 valence electrons. The molecule has 0 atom stereocenters. The summed E-state index contributed by atoms with van der Waals surface area (Å²) in [4.78, 5) is 1.24. The number of nitrogens with zero attached hydrogens (tertiary/aromatic N) is 1. The number of hydrogen-bond donors (Lipinski definition) is 1. The van der Waals surface area contributed by atoms with Crippen molar-refractivity contribution in [3.05, 3.63) is 39.2 Å². The van der Waals surface area contributed by atoms with Crippen molar-refractivity contribution >= 4 is 34.7 Å². The minimum Gasteiger partial charge on any atom is -0.309 e. The molecule has 0 spiro atoms. The van der Waals surface area contributed by atoms with E-state index in [4.69, 9.17) is 23.2 Å². The van der Waals surface area contributed by atoms with E-state index in [0.717, 1.165) is 23.8 Å². The largest absolute Gasteiger partial charge is 0.309 e. The molecule has 1 aromatic carbocycles. The van der Waals surface area contributed by atoms with Crippen LogP contribution in [-0.4, -0.2) is 10.4 Å². The van der Waals surface area contributed by atoms with Crippen LogP contribution in [0.4, 0.5) is 0 Å². The maximum Gasteiger partial charge on any atom is 0.0858 e. The zero-order valence-corrected chi connectivity index (χ0v) is 11.9. The highest BCUT2D eigenvalue weighted by molar-refractivity contribution is 7.06. The van der Waals surface area contributed by atoms with Crippen LogP contribution in [0.2, 0.25) is 10.0 Å². The lowest BCUT2D eigenvalue weighted by atomic mass is 10.1. The van der Waals surface area contributed by atoms with Gasteiger partial charge < -0.3 is 5.32 Å². The van der Waals surface area contributed by atoms with Gasteiger partial charge in [-0.3, -0.25) is 0 Å². The highest BCUT2D eigenvalue weighted by atomic mass is 35.5. The maximum atomic E-state index is 6.18. The van der Waals surface area contributed by atoms with E-state index >= 15 is 0 Å². The fraction of sp³-hybridized carbons (Fsp3) is 0.308. The van der Waals surface area contributed by atoms with Crippen molar-refractivity contribution in [3.8, 4) is 11.3 Å². The van der Waals surface area contributed by atoms with Crippen molar-refractivity contribution in [1.82, 2.24) is 9.69 Å². The summed E-state index contributed by atoms with van der Waals surface area (Å²) in [6.07, 6.45) is 2.60. The van der Waals surface area contributed by atoms with Crippen molar-refractivity contribution < 1.29 is 0 Å². The van der Waals surface area contributed by atoms with Crippen LogP contribution in [0.15, 0.2) is 24.3 Å². The average molecular weight is 299 g/mol. The second-order valence-corrected chi connectivity index (χ2v) is 6.19. The maximum absolute atomic E-state index is 6.18. The van der Waals surface area contributed by atoms with Crippen molar-refractivity contribution in [2.75, 3.05) is 0 Å². The minimum absolute atomic E-state index is 0.648. The van der Waals surface area contributed by atoms with E-state index < -0.39 is 0 Å². The third kappa shape index (κ3) is 2.86. The third-order valence-electron chi connectivity index (χ3n) is 2.91. The lowest BCUT2D eigenvalue weighted by Crippen LogP contribution is -2.14. The van der Waals surface area contributed by atoms with Crippen LogP contribution in [0, 0.1) is 0 Å². The molecule has 0 unspecified atom stereocenters. The molecule has 1 aliphatic carbocycles. The molecule has 1 fully saturated rings. The Kier molecular flexibility index (Phi) is 3.57. The normalized spacial score (nSPS) is 15.0. The Morgan fingerprint density at radius 3 is 2.83 bits per heavy atom. The van der Waals surface area contributed by atoms with E-state index in [9.17, 15) is 0 Å². The summed E-state index contributed by atoms with van der Waals surface area (Å²) < 4.78 is 4.45. The molecule has 1 saturated carbocycles. The number of hydrogen-bond acceptors (Lipinski definition) is 3. The highest BCUT2D eigenvalue weighted by Gasteiger charge is 2.20. The van der Waals surface area contributed by atoms with Crippen molar-refractivity contribution in [2.45, 2.75) is 25.4 Å². The van der Waals surface area contributed by atoms with Crippen LogP contribution in [-0.2, 0) is 6.54 Å². The van der Waals surface area contributed by atoms with Crippen LogP contribution < -0.4 is 5.32 Å². The molecule has 0 bridgehead atoms. The van der Waals surface area contributed by atoms with E-state index in [1.807, 2.05) is 12.1 Å². The standard InChI is InChI=1S/C13H12Cl2N2S/c14-8-1-4-11(12(15)5-8)13-6-10(18-17-13)7-16-9-2-3-9/h1,4-6,9,16H,2-3,7H2. The monoisotopic (exact) mass is 298 g/mol. The van der Waals surface area contributed by atoms with Gasteiger partial charge in [-0.05, 0) is 48.6 Å². The molecule has 0 radical (unpaired) electrons. The molecule has 1 aromatic heterocycles. The molecule has 2 aromatic rings. The summed E-state index contributed by atoms with van der Waals surface area (Å²) in [6, 6.07) is 8.31. The van der Waals surface area contributed by atoms with Gasteiger partial charge in [0.15, 0.2) is 0 Å². The third-order valence-corrected chi connectivity index (χ3v) is 4.24. The molecule has 5 heteroatoms. The van der Waals surface area contributed by atoms with Crippen LogP contribution in [0.25, 0.3) is 11.3 Å². The van der Waals surface area contributed by atoms with Crippen LogP contribution >= 0.6 is 34.7 Å². The average Bonchev–Trinajstić information content (AvgIpc) is 3.05. The van der Waals surface area contributed by atoms with Gasteiger partial charge in [-0.1, -0.05) is 23.2 Å². The van der Waals surface area contributed by atoms with Gasteiger partial charge in [0.25, 0.3) is 0 Å². The Hall–Kier alpha value is -0.610. The predicted molar refractivity (Wildman–Crippen MR) is 77.4 cm³/mol. The van der Waals surface area contributed by atoms with Gasteiger partial charge in [-0.15, -0.1) is 0 Å². The number of rotatable bonds is 4. The molecule has 1 N–H and O–H groups in total. The molecule has 0 saturated heterocycles. The van der Waals surface area contributed by atoms with Gasteiger partial charge in [0, 0.05) is 28.0 Å². The van der Waals surface area contributed by atoms with Crippen LogP contribution in [0.3, 0.4) is 0 Å². The Labute approximate surface area is 120 Å². The first-order valence-electron chi connectivity index (χ1n) is 5.87. The Morgan fingerprint density at radius 1 is 1.28 bits per heavy atom. The van der Waals surface area contributed by atoms with Crippen molar-refractivity contribution in [2.24, 2.45) is 0 Å². The molecule has 2 nitrogen and oxygen atoms in total. The summed E-state index contributed by atoms with van der Waals surface area (Å²) in [7, 11) is 0. The smallest absolute Gasteiger partial charge is 0.0858 e. The van der Waals surface area contributed by atoms with E-state index in [1.54, 1.807) is 6.07 Å². The van der Waals surface area contributed by atoms with Gasteiger partial charge >= 0.3 is 0 Å². The fourth-order valence-electron chi connectivity index (χ4n) is 1.75. The number of benzene rings is 1. The predicted octanol–water partition coefficient (Wildman–Crippen LogP) is 4.37. The van der Waals surface area contributed by atoms with Gasteiger partial charge in [0.2, 0.25) is 0 Å². The molecule has 3 rings (SSSR count). The zero-order chi connectivity index (χ0) is 12.5. The summed E-state index contributed by atoms with van der Waals surface area (Å²) in [5.41, 5.74) is 1.87. The second-order valence-electron chi connectivity index (χ2n) is 4.46. The zero-order valence-electron chi connectivity index (χ0n) is 9.62. The number of halogens is 2. The van der Waals surface area contributed by atoms with Gasteiger partial charge in [0.1, 0.15) is 0 Å². The summed E-state index contributed by atoms with van der Waals surface area (Å²) >= 11 is 13.6. The van der Waals surface area contributed by atoms with Crippen molar-refractivity contribution in [3.63, 3.8) is 0 Å². The van der Waals surface area contributed by atoms with Gasteiger partial charge in [-0.25, -0.2) is 0 Å². The number of aromatic nitrogens is 1. The van der Waals surface area contributed by atoms with Crippen LogP contribution in [0.5, 0.6) is 0 Å². The SMILES string of the molecule is Clc1ccc(-c2cc(CNC3CC3)sn2)c(Cl)c1. The fourth-order valence-corrected chi connectivity index (χ4v) is 2.94. The van der Waals surface area contributed by atoms with Crippen molar-refractivity contribution in [1.29, 1.82) is 0 Å². The second kappa shape index (κ2) is 5.17. The quantitative estimate of drug-likeness (QED) is 0.907. The summed E-state index contributed by atoms with van der Waals surface area (Å²) in [5, 5.41) is 4.77. The Morgan fingerprint density at radius 2 is 2.11 bits per heavy atom. The van der Waals surface area contributed by atoms with E-state index in [2.05, 4.69) is 15.8 Å². The molecule has 0 aliphatic heterocycles. The van der Waals surface area contributed by atoms with E-state index in [-0.39, 0.29) is 0 Å². The lowest BCUT2D eigenvalue weighted by molar-refractivity contribution is 0.695. The van der Waals surface area contributed by atoms with Gasteiger partial charge in [-0.2, -0.15) is 4.37 Å². The molecule has 18 heavy (non-hydrogen) atoms. The number of nitrogens with one attached hydrogen (secondary N) is 1. The Balaban J connectivity index is 1.78.